The Morgan fingerprint density at radius 2 is 2.27 bits per heavy atom. The van der Waals surface area contributed by atoms with Crippen LogP contribution in [-0.4, -0.2) is 22.7 Å². The van der Waals surface area contributed by atoms with E-state index in [1.54, 1.807) is 18.3 Å². The van der Waals surface area contributed by atoms with Crippen LogP contribution < -0.4 is 5.32 Å². The van der Waals surface area contributed by atoms with Crippen molar-refractivity contribution >= 4 is 22.5 Å². The lowest BCUT2D eigenvalue weighted by molar-refractivity contribution is -0.112. The van der Waals surface area contributed by atoms with E-state index in [9.17, 15) is 4.79 Å². The number of ether oxygens (including phenoxy) is 1. The predicted octanol–water partition coefficient (Wildman–Crippen LogP) is 3.55. The fraction of sp³-hybridized carbons (Fsp3) is 0.176. The monoisotopic (exact) mass is 297 g/mol. The third-order valence-corrected chi connectivity index (χ3v) is 3.03. The highest BCUT2D eigenvalue weighted by atomic mass is 16.5. The maximum atomic E-state index is 12.1. The molecule has 1 aromatic carbocycles. The summed E-state index contributed by atoms with van der Waals surface area (Å²) in [5.41, 5.74) is 1.97. The van der Waals surface area contributed by atoms with Gasteiger partial charge in [0.15, 0.2) is 0 Å². The molecule has 1 aromatic heterocycles. The lowest BCUT2D eigenvalue weighted by Gasteiger charge is -2.06. The second kappa shape index (κ2) is 7.26. The van der Waals surface area contributed by atoms with Gasteiger partial charge in [-0.3, -0.25) is 9.89 Å². The Hall–Kier alpha value is -2.82. The molecule has 0 bridgehead atoms. The Kier molecular flexibility index (Phi) is 5.14. The summed E-state index contributed by atoms with van der Waals surface area (Å²) in [6.07, 6.45) is 6.90. The van der Waals surface area contributed by atoms with Gasteiger partial charge < -0.3 is 10.1 Å². The molecule has 0 saturated carbocycles. The van der Waals surface area contributed by atoms with Crippen LogP contribution in [-0.2, 0) is 9.53 Å². The van der Waals surface area contributed by atoms with E-state index >= 15 is 0 Å². The van der Waals surface area contributed by atoms with E-state index in [1.165, 1.54) is 0 Å². The Balaban J connectivity index is 2.01. The van der Waals surface area contributed by atoms with E-state index in [1.807, 2.05) is 38.1 Å². The first-order valence-corrected chi connectivity index (χ1v) is 7.04. The van der Waals surface area contributed by atoms with Crippen molar-refractivity contribution < 1.29 is 9.53 Å². The summed E-state index contributed by atoms with van der Waals surface area (Å²) in [6.45, 7) is 8.13. The van der Waals surface area contributed by atoms with Gasteiger partial charge in [0, 0.05) is 16.6 Å². The molecule has 5 heteroatoms. The van der Waals surface area contributed by atoms with Crippen molar-refractivity contribution in [3.05, 3.63) is 60.5 Å². The lowest BCUT2D eigenvalue weighted by atomic mass is 10.2. The summed E-state index contributed by atoms with van der Waals surface area (Å²) in [5.74, 6) is 0.447. The molecule has 2 aromatic rings. The first kappa shape index (κ1) is 15.6. The van der Waals surface area contributed by atoms with Crippen LogP contribution in [0.5, 0.6) is 0 Å². The van der Waals surface area contributed by atoms with Crippen LogP contribution in [0.25, 0.3) is 10.9 Å². The SMILES string of the molecule is C=C(/C=C\C(=C/C)OCC)C(=O)Nc1ccc2[nH]ncc2c1. The largest absolute Gasteiger partial charge is 0.494 e. The topological polar surface area (TPSA) is 67.0 Å². The maximum Gasteiger partial charge on any atom is 0.255 e. The van der Waals surface area contributed by atoms with Gasteiger partial charge in [0.25, 0.3) is 5.91 Å². The number of carbonyl (C=O) groups excluding carboxylic acids is 1. The highest BCUT2D eigenvalue weighted by molar-refractivity contribution is 6.06. The van der Waals surface area contributed by atoms with Crippen molar-refractivity contribution in [2.45, 2.75) is 13.8 Å². The Bertz CT molecular complexity index is 741. The lowest BCUT2D eigenvalue weighted by Crippen LogP contribution is -2.12. The number of rotatable bonds is 6. The van der Waals surface area contributed by atoms with E-state index < -0.39 is 0 Å². The molecule has 1 heterocycles. The van der Waals surface area contributed by atoms with Crippen LogP contribution >= 0.6 is 0 Å². The molecule has 0 aliphatic carbocycles. The molecular formula is C17H19N3O2. The van der Waals surface area contributed by atoms with Crippen molar-refractivity contribution in [3.63, 3.8) is 0 Å². The summed E-state index contributed by atoms with van der Waals surface area (Å²) < 4.78 is 5.37. The number of allylic oxidation sites excluding steroid dienone is 2. The van der Waals surface area contributed by atoms with E-state index in [-0.39, 0.29) is 5.91 Å². The summed E-state index contributed by atoms with van der Waals surface area (Å²) in [6, 6.07) is 5.53. The summed E-state index contributed by atoms with van der Waals surface area (Å²) in [5, 5.41) is 10.6. The van der Waals surface area contributed by atoms with Crippen LogP contribution in [0.3, 0.4) is 0 Å². The van der Waals surface area contributed by atoms with Crippen molar-refractivity contribution in [2.75, 3.05) is 11.9 Å². The van der Waals surface area contributed by atoms with Crippen molar-refractivity contribution in [1.82, 2.24) is 10.2 Å². The number of nitrogens with one attached hydrogen (secondary N) is 2. The number of aromatic amines is 1. The molecule has 0 spiro atoms. The van der Waals surface area contributed by atoms with E-state index in [0.717, 1.165) is 10.9 Å². The van der Waals surface area contributed by atoms with Crippen molar-refractivity contribution in [1.29, 1.82) is 0 Å². The minimum atomic E-state index is -0.258. The Labute approximate surface area is 129 Å². The summed E-state index contributed by atoms with van der Waals surface area (Å²) in [7, 11) is 0. The molecule has 114 valence electrons. The molecule has 0 aliphatic heterocycles. The zero-order chi connectivity index (χ0) is 15.9. The van der Waals surface area contributed by atoms with Gasteiger partial charge in [-0.1, -0.05) is 6.58 Å². The van der Waals surface area contributed by atoms with Crippen molar-refractivity contribution in [2.24, 2.45) is 0 Å². The second-order valence-electron chi connectivity index (χ2n) is 4.61. The number of anilines is 1. The number of hydrogen-bond donors (Lipinski definition) is 2. The molecule has 22 heavy (non-hydrogen) atoms. The molecule has 1 amide bonds. The van der Waals surface area contributed by atoms with Gasteiger partial charge in [-0.05, 0) is 50.3 Å². The average Bonchev–Trinajstić information content (AvgIpc) is 2.98. The third kappa shape index (κ3) is 3.85. The maximum absolute atomic E-state index is 12.1. The van der Waals surface area contributed by atoms with Crippen LogP contribution in [0.15, 0.2) is 60.5 Å². The zero-order valence-corrected chi connectivity index (χ0v) is 12.7. The molecule has 0 saturated heterocycles. The van der Waals surface area contributed by atoms with E-state index in [4.69, 9.17) is 4.74 Å². The van der Waals surface area contributed by atoms with Gasteiger partial charge in [-0.25, -0.2) is 0 Å². The van der Waals surface area contributed by atoms with Crippen molar-refractivity contribution in [3.8, 4) is 0 Å². The van der Waals surface area contributed by atoms with Gasteiger partial charge >= 0.3 is 0 Å². The highest BCUT2D eigenvalue weighted by Gasteiger charge is 2.06. The predicted molar refractivity (Wildman–Crippen MR) is 88.4 cm³/mol. The Morgan fingerprint density at radius 1 is 1.45 bits per heavy atom. The molecule has 0 atom stereocenters. The van der Waals surface area contributed by atoms with Gasteiger partial charge in [0.05, 0.1) is 18.3 Å². The van der Waals surface area contributed by atoms with Gasteiger partial charge in [-0.15, -0.1) is 0 Å². The molecule has 2 N–H and O–H groups in total. The van der Waals surface area contributed by atoms with Gasteiger partial charge in [-0.2, -0.15) is 5.10 Å². The molecule has 0 fully saturated rings. The van der Waals surface area contributed by atoms with Crippen LogP contribution in [0, 0.1) is 0 Å². The van der Waals surface area contributed by atoms with Gasteiger partial charge in [0.2, 0.25) is 0 Å². The number of fused-ring (bicyclic) bond motifs is 1. The quantitative estimate of drug-likeness (QED) is 0.487. The first-order valence-electron chi connectivity index (χ1n) is 7.04. The fourth-order valence-electron chi connectivity index (χ4n) is 1.88. The van der Waals surface area contributed by atoms with Gasteiger partial charge in [0.1, 0.15) is 5.76 Å². The summed E-state index contributed by atoms with van der Waals surface area (Å²) in [4.78, 5) is 12.1. The number of aromatic nitrogens is 2. The van der Waals surface area contributed by atoms with Crippen LogP contribution in [0.4, 0.5) is 5.69 Å². The van der Waals surface area contributed by atoms with E-state index in [2.05, 4.69) is 22.1 Å². The molecule has 0 unspecified atom stereocenters. The number of H-pyrrole nitrogens is 1. The average molecular weight is 297 g/mol. The summed E-state index contributed by atoms with van der Waals surface area (Å²) >= 11 is 0. The highest BCUT2D eigenvalue weighted by Crippen LogP contribution is 2.17. The number of carbonyl (C=O) groups is 1. The molecule has 5 nitrogen and oxygen atoms in total. The minimum absolute atomic E-state index is 0.258. The number of hydrogen-bond acceptors (Lipinski definition) is 3. The van der Waals surface area contributed by atoms with E-state index in [0.29, 0.717) is 23.6 Å². The number of benzene rings is 1. The normalized spacial score (nSPS) is 11.8. The smallest absolute Gasteiger partial charge is 0.255 e. The fourth-order valence-corrected chi connectivity index (χ4v) is 1.88. The minimum Gasteiger partial charge on any atom is -0.494 e. The zero-order valence-electron chi connectivity index (χ0n) is 12.7. The Morgan fingerprint density at radius 3 is 3.00 bits per heavy atom. The molecule has 0 aliphatic rings. The number of amides is 1. The molecular weight excluding hydrogens is 278 g/mol. The number of nitrogens with zero attached hydrogens (tertiary/aromatic N) is 1. The van der Waals surface area contributed by atoms with Crippen LogP contribution in [0.1, 0.15) is 13.8 Å². The third-order valence-electron chi connectivity index (χ3n) is 3.03. The standard InChI is InChI=1S/C17H19N3O2/c1-4-15(22-5-2)8-6-12(3)17(21)19-14-7-9-16-13(10-14)11-18-20-16/h4,6-11H,3,5H2,1-2H3,(H,18,20)(H,19,21)/b8-6-,15-4+. The van der Waals surface area contributed by atoms with Crippen LogP contribution in [0.2, 0.25) is 0 Å². The second-order valence-corrected chi connectivity index (χ2v) is 4.61. The molecule has 0 radical (unpaired) electrons. The first-order chi connectivity index (χ1) is 10.6. The molecule has 2 rings (SSSR count).